The zero-order valence-electron chi connectivity index (χ0n) is 5.78. The van der Waals surface area contributed by atoms with Crippen molar-refractivity contribution < 1.29 is 45.2 Å². The molecule has 0 bridgehead atoms. The number of benzene rings is 1. The van der Waals surface area contributed by atoms with Gasteiger partial charge in [-0.05, 0) is 6.07 Å². The van der Waals surface area contributed by atoms with Crippen LogP contribution in [0.15, 0.2) is 18.2 Å². The van der Waals surface area contributed by atoms with E-state index >= 15 is 0 Å². The molecule has 4 heteroatoms. The number of halogens is 3. The standard InChI is InChI=1S/C7H5F2.BrH.Zn/c1-5-2-3-6(8)4-7(5)9;;/h2-4H,1H2;1H;/q-1;;+2/p-1. The summed E-state index contributed by atoms with van der Waals surface area (Å²) in [7, 11) is 0. The summed E-state index contributed by atoms with van der Waals surface area (Å²) in [6.45, 7) is 3.32. The van der Waals surface area contributed by atoms with Crippen LogP contribution < -0.4 is 17.0 Å². The number of hydrogen-bond donors (Lipinski definition) is 0. The van der Waals surface area contributed by atoms with Gasteiger partial charge in [0.2, 0.25) is 0 Å². The molecular formula is C7H5BrF2Zn. The molecule has 56 valence electrons. The van der Waals surface area contributed by atoms with Crippen molar-refractivity contribution in [2.75, 3.05) is 0 Å². The Bertz CT molecular complexity index is 228. The van der Waals surface area contributed by atoms with E-state index in [-0.39, 0.29) is 42.0 Å². The van der Waals surface area contributed by atoms with Crippen LogP contribution in [0, 0.1) is 18.6 Å². The van der Waals surface area contributed by atoms with Gasteiger partial charge in [0.1, 0.15) is 5.82 Å². The molecule has 0 N–H and O–H groups in total. The van der Waals surface area contributed by atoms with Gasteiger partial charge in [-0.15, -0.1) is 0 Å². The molecule has 1 aromatic carbocycles. The van der Waals surface area contributed by atoms with Crippen LogP contribution in [-0.4, -0.2) is 0 Å². The van der Waals surface area contributed by atoms with E-state index in [1.165, 1.54) is 12.1 Å². The minimum Gasteiger partial charge on any atom is -1.00 e. The second-order valence-electron chi connectivity index (χ2n) is 1.74. The normalized spacial score (nSPS) is 7.82. The average Bonchev–Trinajstić information content (AvgIpc) is 1.80. The van der Waals surface area contributed by atoms with Crippen molar-refractivity contribution in [3.05, 3.63) is 42.3 Å². The summed E-state index contributed by atoms with van der Waals surface area (Å²) in [4.78, 5) is 0. The summed E-state index contributed by atoms with van der Waals surface area (Å²) in [6, 6.07) is 3.28. The molecule has 1 rings (SSSR count). The molecule has 0 aromatic heterocycles. The van der Waals surface area contributed by atoms with Gasteiger partial charge in [-0.2, -0.15) is 18.6 Å². The van der Waals surface area contributed by atoms with Crippen molar-refractivity contribution in [3.63, 3.8) is 0 Å². The maximum absolute atomic E-state index is 12.3. The van der Waals surface area contributed by atoms with E-state index < -0.39 is 11.6 Å². The Morgan fingerprint density at radius 1 is 1.18 bits per heavy atom. The van der Waals surface area contributed by atoms with Gasteiger partial charge in [-0.1, -0.05) is 6.07 Å². The zero-order valence-corrected chi connectivity index (χ0v) is 10.3. The summed E-state index contributed by atoms with van der Waals surface area (Å²) in [5.41, 5.74) is 0.219. The third kappa shape index (κ3) is 3.83. The smallest absolute Gasteiger partial charge is 1.00 e. The van der Waals surface area contributed by atoms with Gasteiger partial charge in [0.15, 0.2) is 0 Å². The second-order valence-corrected chi connectivity index (χ2v) is 1.74. The van der Waals surface area contributed by atoms with Gasteiger partial charge in [0.05, 0.1) is 0 Å². The van der Waals surface area contributed by atoms with Crippen molar-refractivity contribution in [2.24, 2.45) is 0 Å². The van der Waals surface area contributed by atoms with E-state index in [9.17, 15) is 8.78 Å². The van der Waals surface area contributed by atoms with Crippen molar-refractivity contribution in [3.8, 4) is 0 Å². The van der Waals surface area contributed by atoms with Gasteiger partial charge in [0.25, 0.3) is 0 Å². The van der Waals surface area contributed by atoms with E-state index in [1.54, 1.807) is 0 Å². The van der Waals surface area contributed by atoms with E-state index in [0.29, 0.717) is 0 Å². The summed E-state index contributed by atoms with van der Waals surface area (Å²) in [5.74, 6) is -1.17. The quantitative estimate of drug-likeness (QED) is 0.426. The molecule has 11 heavy (non-hydrogen) atoms. The Morgan fingerprint density at radius 2 is 1.73 bits per heavy atom. The fourth-order valence-electron chi connectivity index (χ4n) is 0.522. The van der Waals surface area contributed by atoms with Crippen molar-refractivity contribution in [2.45, 2.75) is 0 Å². The molecule has 0 amide bonds. The maximum Gasteiger partial charge on any atom is 2.00 e. The Balaban J connectivity index is 0. The average molecular weight is 272 g/mol. The molecule has 0 unspecified atom stereocenters. The first-order chi connectivity index (χ1) is 4.20. The first-order valence-electron chi connectivity index (χ1n) is 2.47. The van der Waals surface area contributed by atoms with Crippen LogP contribution in [0.3, 0.4) is 0 Å². The molecule has 0 radical (unpaired) electrons. The van der Waals surface area contributed by atoms with Crippen LogP contribution in [0.1, 0.15) is 5.56 Å². The molecule has 0 saturated carbocycles. The Labute approximate surface area is 87.5 Å². The van der Waals surface area contributed by atoms with E-state index in [4.69, 9.17) is 0 Å². The molecule has 0 aliphatic carbocycles. The third-order valence-corrected chi connectivity index (χ3v) is 1.02. The van der Waals surface area contributed by atoms with Crippen molar-refractivity contribution in [1.29, 1.82) is 0 Å². The molecule has 0 nitrogen and oxygen atoms in total. The molecule has 0 heterocycles. The summed E-state index contributed by atoms with van der Waals surface area (Å²) >= 11 is 0. The summed E-state index contributed by atoms with van der Waals surface area (Å²) in [6.07, 6.45) is 0. The monoisotopic (exact) mass is 270 g/mol. The van der Waals surface area contributed by atoms with E-state index in [0.717, 1.165) is 6.07 Å². The first-order valence-corrected chi connectivity index (χ1v) is 2.47. The second kappa shape index (κ2) is 5.67. The molecule has 0 saturated heterocycles. The third-order valence-electron chi connectivity index (χ3n) is 1.02. The molecular weight excluding hydrogens is 267 g/mol. The van der Waals surface area contributed by atoms with Crippen molar-refractivity contribution >= 4 is 0 Å². The number of hydrogen-bond acceptors (Lipinski definition) is 0. The van der Waals surface area contributed by atoms with Gasteiger partial charge in [-0.25, -0.2) is 4.39 Å². The molecule has 1 aromatic rings. The largest absolute Gasteiger partial charge is 2.00 e. The SMILES string of the molecule is [Br-].[CH2-]c1ccc(F)cc1F.[Zn+2]. The number of rotatable bonds is 0. The molecule has 0 fully saturated rings. The topological polar surface area (TPSA) is 0 Å². The van der Waals surface area contributed by atoms with E-state index in [1.807, 2.05) is 0 Å². The summed E-state index contributed by atoms with van der Waals surface area (Å²) < 4.78 is 24.4. The Kier molecular flexibility index (Phi) is 7.03. The van der Waals surface area contributed by atoms with Crippen LogP contribution in [0.2, 0.25) is 0 Å². The molecule has 0 atom stereocenters. The predicted octanol–water partition coefficient (Wildman–Crippen LogP) is -0.852. The van der Waals surface area contributed by atoms with Crippen LogP contribution in [0.5, 0.6) is 0 Å². The minimum absolute atomic E-state index is 0. The Morgan fingerprint density at radius 3 is 2.09 bits per heavy atom. The van der Waals surface area contributed by atoms with Crippen LogP contribution >= 0.6 is 0 Å². The summed E-state index contributed by atoms with van der Waals surface area (Å²) in [5, 5.41) is 0. The van der Waals surface area contributed by atoms with Crippen LogP contribution in [0.4, 0.5) is 8.78 Å². The van der Waals surface area contributed by atoms with Crippen molar-refractivity contribution in [1.82, 2.24) is 0 Å². The fraction of sp³-hybridized carbons (Fsp3) is 0. The van der Waals surface area contributed by atoms with Gasteiger partial charge in [-0.3, -0.25) is 4.39 Å². The van der Waals surface area contributed by atoms with E-state index in [2.05, 4.69) is 6.92 Å². The van der Waals surface area contributed by atoms with Gasteiger partial charge >= 0.3 is 19.5 Å². The molecule has 0 aliphatic rings. The minimum atomic E-state index is -0.602. The van der Waals surface area contributed by atoms with Crippen LogP contribution in [-0.2, 0) is 19.5 Å². The van der Waals surface area contributed by atoms with Gasteiger partial charge in [0, 0.05) is 5.82 Å². The maximum atomic E-state index is 12.3. The fourth-order valence-corrected chi connectivity index (χ4v) is 0.522. The predicted molar refractivity (Wildman–Crippen MR) is 30.8 cm³/mol. The molecule has 0 aliphatic heterocycles. The van der Waals surface area contributed by atoms with Gasteiger partial charge < -0.3 is 17.0 Å². The molecule has 0 spiro atoms. The Hall–Kier alpha value is 0.0534. The van der Waals surface area contributed by atoms with Crippen LogP contribution in [0.25, 0.3) is 0 Å². The first kappa shape index (κ1) is 13.6. The zero-order chi connectivity index (χ0) is 6.85.